The van der Waals surface area contributed by atoms with Gasteiger partial charge in [0.25, 0.3) is 5.91 Å². The van der Waals surface area contributed by atoms with Gasteiger partial charge in [-0.2, -0.15) is 5.26 Å². The van der Waals surface area contributed by atoms with Crippen LogP contribution in [0.3, 0.4) is 0 Å². The molecule has 9 heteroatoms. The number of hydrogen-bond acceptors (Lipinski definition) is 5. The Kier molecular flexibility index (Phi) is 5.93. The Bertz CT molecular complexity index is 768. The molecule has 0 aliphatic heterocycles. The van der Waals surface area contributed by atoms with Crippen molar-refractivity contribution in [2.75, 3.05) is 11.9 Å². The molecule has 6 nitrogen and oxygen atoms in total. The molecule has 118 valence electrons. The molecule has 0 aliphatic carbocycles. The monoisotopic (exact) mass is 368 g/mol. The number of rotatable bonds is 5. The predicted molar refractivity (Wildman–Crippen MR) is 88.9 cm³/mol. The van der Waals surface area contributed by atoms with Gasteiger partial charge in [-0.1, -0.05) is 34.5 Å². The summed E-state index contributed by atoms with van der Waals surface area (Å²) in [6.07, 6.45) is 0.0679. The molecule has 0 saturated heterocycles. The van der Waals surface area contributed by atoms with Gasteiger partial charge in [0.1, 0.15) is 10.9 Å². The first-order valence-electron chi connectivity index (χ1n) is 6.39. The highest BCUT2D eigenvalue weighted by atomic mass is 35.5. The zero-order chi connectivity index (χ0) is 16.8. The molecule has 23 heavy (non-hydrogen) atoms. The van der Waals surface area contributed by atoms with Crippen molar-refractivity contribution >= 4 is 51.5 Å². The van der Waals surface area contributed by atoms with Crippen molar-refractivity contribution in [1.82, 2.24) is 10.3 Å². The number of nitriles is 1. The molecule has 2 aromatic rings. The number of anilines is 1. The topological polar surface area (TPSA) is 94.9 Å². The molecular weight excluding hydrogens is 359 g/mol. The summed E-state index contributed by atoms with van der Waals surface area (Å²) >= 11 is 12.4. The second kappa shape index (κ2) is 7.92. The lowest BCUT2D eigenvalue weighted by molar-refractivity contribution is -0.116. The van der Waals surface area contributed by atoms with E-state index in [4.69, 9.17) is 28.5 Å². The van der Waals surface area contributed by atoms with Gasteiger partial charge in [0.2, 0.25) is 5.91 Å². The van der Waals surface area contributed by atoms with Crippen molar-refractivity contribution < 1.29 is 9.59 Å². The Hall–Kier alpha value is -2.14. The number of nitrogens with one attached hydrogen (secondary N) is 2. The maximum atomic E-state index is 11.8. The zero-order valence-electron chi connectivity index (χ0n) is 11.6. The van der Waals surface area contributed by atoms with Crippen LogP contribution in [-0.2, 0) is 4.79 Å². The predicted octanol–water partition coefficient (Wildman–Crippen LogP) is 3.08. The molecule has 0 spiro atoms. The van der Waals surface area contributed by atoms with Crippen LogP contribution in [0, 0.1) is 11.3 Å². The van der Waals surface area contributed by atoms with E-state index in [1.807, 2.05) is 6.07 Å². The summed E-state index contributed by atoms with van der Waals surface area (Å²) in [5.74, 6) is -0.630. The standard InChI is InChI=1S/C14H10Cl2N4O2S/c15-9-3-1-8(2-4-9)13(22)18-6-5-11(21)19-14-20-12(16)10(7-17)23-14/h1-4H,5-6H2,(H,18,22)(H,19,20,21). The molecule has 0 atom stereocenters. The van der Waals surface area contributed by atoms with Crippen molar-refractivity contribution in [2.45, 2.75) is 6.42 Å². The average molecular weight is 369 g/mol. The van der Waals surface area contributed by atoms with E-state index >= 15 is 0 Å². The summed E-state index contributed by atoms with van der Waals surface area (Å²) in [7, 11) is 0. The summed E-state index contributed by atoms with van der Waals surface area (Å²) < 4.78 is 0. The first-order valence-corrected chi connectivity index (χ1v) is 7.97. The summed E-state index contributed by atoms with van der Waals surface area (Å²) in [6.45, 7) is 0.164. The van der Waals surface area contributed by atoms with E-state index < -0.39 is 0 Å². The summed E-state index contributed by atoms with van der Waals surface area (Å²) in [5, 5.41) is 14.8. The fourth-order valence-corrected chi connectivity index (χ4v) is 2.69. The minimum atomic E-state index is -0.337. The molecule has 2 N–H and O–H groups in total. The van der Waals surface area contributed by atoms with Crippen LogP contribution < -0.4 is 10.6 Å². The number of hydrogen-bond donors (Lipinski definition) is 2. The molecule has 0 fully saturated rings. The number of aromatic nitrogens is 1. The minimum Gasteiger partial charge on any atom is -0.352 e. The first-order chi connectivity index (χ1) is 11.0. The number of halogens is 2. The van der Waals surface area contributed by atoms with E-state index in [0.29, 0.717) is 10.6 Å². The lowest BCUT2D eigenvalue weighted by Gasteiger charge is -2.05. The van der Waals surface area contributed by atoms with Gasteiger partial charge in [-0.05, 0) is 24.3 Å². The van der Waals surface area contributed by atoms with Crippen LogP contribution in [0.15, 0.2) is 24.3 Å². The lowest BCUT2D eigenvalue weighted by Crippen LogP contribution is -2.27. The van der Waals surface area contributed by atoms with Gasteiger partial charge in [0.05, 0.1) is 0 Å². The van der Waals surface area contributed by atoms with Crippen LogP contribution >= 0.6 is 34.5 Å². The van der Waals surface area contributed by atoms with Crippen molar-refractivity contribution in [2.24, 2.45) is 0 Å². The molecule has 1 aromatic heterocycles. The van der Waals surface area contributed by atoms with Crippen molar-refractivity contribution in [3.05, 3.63) is 44.9 Å². The van der Waals surface area contributed by atoms with E-state index in [2.05, 4.69) is 15.6 Å². The SMILES string of the molecule is N#Cc1sc(NC(=O)CCNC(=O)c2ccc(Cl)cc2)nc1Cl. The summed E-state index contributed by atoms with van der Waals surface area (Å²) in [5.41, 5.74) is 0.458. The van der Waals surface area contributed by atoms with Crippen molar-refractivity contribution in [3.8, 4) is 6.07 Å². The van der Waals surface area contributed by atoms with E-state index in [-0.39, 0.29) is 39.9 Å². The molecular formula is C14H10Cl2N4O2S. The molecule has 0 unspecified atom stereocenters. The third kappa shape index (κ3) is 4.93. The highest BCUT2D eigenvalue weighted by Gasteiger charge is 2.12. The van der Waals surface area contributed by atoms with E-state index in [1.54, 1.807) is 24.3 Å². The Balaban J connectivity index is 1.79. The molecule has 0 saturated carbocycles. The van der Waals surface area contributed by atoms with Crippen LogP contribution in [0.25, 0.3) is 0 Å². The van der Waals surface area contributed by atoms with Gasteiger partial charge < -0.3 is 10.6 Å². The molecule has 0 radical (unpaired) electrons. The summed E-state index contributed by atoms with van der Waals surface area (Å²) in [6, 6.07) is 8.29. The number of nitrogens with zero attached hydrogens (tertiary/aromatic N) is 2. The van der Waals surface area contributed by atoms with Gasteiger partial charge >= 0.3 is 0 Å². The Morgan fingerprint density at radius 2 is 1.96 bits per heavy atom. The maximum absolute atomic E-state index is 11.8. The number of carbonyl (C=O) groups is 2. The first kappa shape index (κ1) is 17.2. The van der Waals surface area contributed by atoms with Crippen LogP contribution in [0.1, 0.15) is 21.7 Å². The molecule has 1 aromatic carbocycles. The van der Waals surface area contributed by atoms with Gasteiger partial charge in [-0.3, -0.25) is 9.59 Å². The fraction of sp³-hybridized carbons (Fsp3) is 0.143. The van der Waals surface area contributed by atoms with E-state index in [9.17, 15) is 9.59 Å². The molecule has 0 aliphatic rings. The van der Waals surface area contributed by atoms with Gasteiger partial charge in [-0.25, -0.2) is 4.98 Å². The lowest BCUT2D eigenvalue weighted by atomic mass is 10.2. The highest BCUT2D eigenvalue weighted by molar-refractivity contribution is 7.16. The summed E-state index contributed by atoms with van der Waals surface area (Å²) in [4.78, 5) is 27.7. The molecule has 2 amide bonds. The minimum absolute atomic E-state index is 0.0591. The Morgan fingerprint density at radius 1 is 1.26 bits per heavy atom. The third-order valence-electron chi connectivity index (χ3n) is 2.68. The largest absolute Gasteiger partial charge is 0.352 e. The number of amides is 2. The normalized spacial score (nSPS) is 9.96. The van der Waals surface area contributed by atoms with Gasteiger partial charge in [-0.15, -0.1) is 0 Å². The second-order valence-electron chi connectivity index (χ2n) is 4.31. The Morgan fingerprint density at radius 3 is 2.57 bits per heavy atom. The smallest absolute Gasteiger partial charge is 0.251 e. The molecule has 2 rings (SSSR count). The zero-order valence-corrected chi connectivity index (χ0v) is 13.9. The van der Waals surface area contributed by atoms with Crippen LogP contribution in [0.5, 0.6) is 0 Å². The van der Waals surface area contributed by atoms with Crippen LogP contribution in [0.4, 0.5) is 5.13 Å². The van der Waals surface area contributed by atoms with Gasteiger partial charge in [0, 0.05) is 23.6 Å². The average Bonchev–Trinajstić information content (AvgIpc) is 2.87. The quantitative estimate of drug-likeness (QED) is 0.847. The fourth-order valence-electron chi connectivity index (χ4n) is 1.60. The van der Waals surface area contributed by atoms with Gasteiger partial charge in [0.15, 0.2) is 10.3 Å². The maximum Gasteiger partial charge on any atom is 0.251 e. The number of benzene rings is 1. The second-order valence-corrected chi connectivity index (χ2v) is 6.11. The molecule has 1 heterocycles. The molecule has 0 bridgehead atoms. The number of thiazole rings is 1. The van der Waals surface area contributed by atoms with Crippen LogP contribution in [0.2, 0.25) is 10.2 Å². The number of carbonyl (C=O) groups excluding carboxylic acids is 2. The van der Waals surface area contributed by atoms with E-state index in [0.717, 1.165) is 11.3 Å². The van der Waals surface area contributed by atoms with Crippen LogP contribution in [-0.4, -0.2) is 23.3 Å². The highest BCUT2D eigenvalue weighted by Crippen LogP contribution is 2.25. The Labute approximate surface area is 146 Å². The van der Waals surface area contributed by atoms with Crippen molar-refractivity contribution in [1.29, 1.82) is 5.26 Å². The van der Waals surface area contributed by atoms with Crippen molar-refractivity contribution in [3.63, 3.8) is 0 Å². The van der Waals surface area contributed by atoms with E-state index in [1.165, 1.54) is 0 Å². The third-order valence-corrected chi connectivity index (χ3v) is 4.19.